The second-order valence-corrected chi connectivity index (χ2v) is 11.7. The van der Waals surface area contributed by atoms with Crippen LogP contribution in [0.5, 0.6) is 5.75 Å². The van der Waals surface area contributed by atoms with E-state index < -0.39 is 0 Å². The summed E-state index contributed by atoms with van der Waals surface area (Å²) in [4.78, 5) is 12.2. The van der Waals surface area contributed by atoms with E-state index in [1.54, 1.807) is 5.56 Å². The molecule has 0 aromatic heterocycles. The Balaban J connectivity index is 1.56. The van der Waals surface area contributed by atoms with E-state index in [9.17, 15) is 4.79 Å². The summed E-state index contributed by atoms with van der Waals surface area (Å²) in [5.41, 5.74) is 7.50. The van der Waals surface area contributed by atoms with Crippen LogP contribution in [0.1, 0.15) is 138 Å². The Hall–Kier alpha value is -2.09. The molecule has 0 unspecified atom stereocenters. The third kappa shape index (κ3) is 9.01. The van der Waals surface area contributed by atoms with Gasteiger partial charge in [0.25, 0.3) is 0 Å². The Labute approximate surface area is 227 Å². The molecule has 0 N–H and O–H groups in total. The van der Waals surface area contributed by atoms with Gasteiger partial charge < -0.3 is 4.74 Å². The van der Waals surface area contributed by atoms with E-state index in [1.807, 2.05) is 12.1 Å². The Morgan fingerprint density at radius 1 is 0.784 bits per heavy atom. The Kier molecular flexibility index (Phi) is 12.2. The van der Waals surface area contributed by atoms with Gasteiger partial charge in [-0.15, -0.1) is 0 Å². The third-order valence-corrected chi connectivity index (χ3v) is 8.64. The van der Waals surface area contributed by atoms with Gasteiger partial charge in [-0.2, -0.15) is 0 Å². The number of unbranched alkanes of at least 4 members (excludes halogenated alkanes) is 6. The molecule has 1 fully saturated rings. The van der Waals surface area contributed by atoms with Crippen molar-refractivity contribution in [3.8, 4) is 5.75 Å². The molecule has 0 spiro atoms. The molecule has 1 aliphatic rings. The van der Waals surface area contributed by atoms with Gasteiger partial charge in [0, 0.05) is 6.42 Å². The fourth-order valence-corrected chi connectivity index (χ4v) is 6.42. The Morgan fingerprint density at radius 2 is 1.51 bits per heavy atom. The van der Waals surface area contributed by atoms with Gasteiger partial charge in [0.2, 0.25) is 0 Å². The van der Waals surface area contributed by atoms with E-state index in [-0.39, 0.29) is 5.97 Å². The molecule has 204 valence electrons. The number of carbonyl (C=O) groups is 1. The van der Waals surface area contributed by atoms with E-state index in [1.165, 1.54) is 99.3 Å². The summed E-state index contributed by atoms with van der Waals surface area (Å²) in [6.45, 7) is 8.99. The lowest BCUT2D eigenvalue weighted by molar-refractivity contribution is -0.134. The van der Waals surface area contributed by atoms with Crippen molar-refractivity contribution in [2.75, 3.05) is 0 Å². The minimum atomic E-state index is -0.107. The molecule has 1 aliphatic carbocycles. The van der Waals surface area contributed by atoms with Gasteiger partial charge in [-0.1, -0.05) is 102 Å². The van der Waals surface area contributed by atoms with Crippen molar-refractivity contribution < 1.29 is 9.53 Å². The molecule has 0 aliphatic heterocycles. The van der Waals surface area contributed by atoms with E-state index in [0.29, 0.717) is 17.6 Å². The second kappa shape index (κ2) is 15.4. The fraction of sp³-hybridized carbons (Fsp3) is 0.629. The second-order valence-electron chi connectivity index (χ2n) is 11.7. The monoisotopic (exact) mass is 504 g/mol. The normalized spacial score (nSPS) is 15.0. The van der Waals surface area contributed by atoms with Crippen LogP contribution in [0.2, 0.25) is 0 Å². The summed E-state index contributed by atoms with van der Waals surface area (Å²) in [7, 11) is 0. The van der Waals surface area contributed by atoms with Gasteiger partial charge in [0.1, 0.15) is 5.75 Å². The lowest BCUT2D eigenvalue weighted by Gasteiger charge is -2.39. The highest BCUT2D eigenvalue weighted by molar-refractivity contribution is 5.72. The molecule has 2 heteroatoms. The summed E-state index contributed by atoms with van der Waals surface area (Å²) in [5.74, 6) is 0.575. The van der Waals surface area contributed by atoms with E-state index >= 15 is 0 Å². The summed E-state index contributed by atoms with van der Waals surface area (Å²) in [6, 6.07) is 13.5. The number of benzene rings is 2. The van der Waals surface area contributed by atoms with Crippen LogP contribution in [0.3, 0.4) is 0 Å². The molecule has 1 saturated carbocycles. The molecule has 0 radical (unpaired) electrons. The summed E-state index contributed by atoms with van der Waals surface area (Å²) in [5, 5.41) is 0. The number of ether oxygens (including phenoxy) is 1. The first-order valence-electron chi connectivity index (χ1n) is 15.4. The van der Waals surface area contributed by atoms with E-state index in [2.05, 4.69) is 52.0 Å². The van der Waals surface area contributed by atoms with Crippen molar-refractivity contribution in [1.82, 2.24) is 0 Å². The van der Waals surface area contributed by atoms with Crippen LogP contribution >= 0.6 is 0 Å². The minimum absolute atomic E-state index is 0.107. The maximum Gasteiger partial charge on any atom is 0.311 e. The predicted molar refractivity (Wildman–Crippen MR) is 158 cm³/mol. The van der Waals surface area contributed by atoms with Crippen LogP contribution in [-0.4, -0.2) is 5.97 Å². The standard InChI is InChI=1S/C35H52O2/c1-5-7-9-10-12-16-34(36)37-32-21-20-31(28(3)27-32)19-17-30-18-22-33(29(4)26-30)35(23-13-8-6-2)24-14-11-15-25-35/h18,20-22,26-27H,5-17,19,23-25H2,1-4H3. The van der Waals surface area contributed by atoms with Gasteiger partial charge in [-0.05, 0) is 97.7 Å². The molecule has 0 amide bonds. The smallest absolute Gasteiger partial charge is 0.311 e. The SMILES string of the molecule is CCCCCCCC(=O)Oc1ccc(CCc2ccc(C3(CCCCC)CCCCC3)c(C)c2)c(C)c1. The number of esters is 1. The number of rotatable bonds is 15. The van der Waals surface area contributed by atoms with Crippen molar-refractivity contribution >= 4 is 5.97 Å². The quantitative estimate of drug-likeness (QED) is 0.137. The zero-order valence-corrected chi connectivity index (χ0v) is 24.3. The highest BCUT2D eigenvalue weighted by Gasteiger charge is 2.34. The first kappa shape index (κ1) is 29.5. The average molecular weight is 505 g/mol. The molecular weight excluding hydrogens is 452 g/mol. The summed E-state index contributed by atoms with van der Waals surface area (Å²) < 4.78 is 5.61. The molecule has 0 atom stereocenters. The highest BCUT2D eigenvalue weighted by atomic mass is 16.5. The molecule has 37 heavy (non-hydrogen) atoms. The zero-order valence-electron chi connectivity index (χ0n) is 24.3. The molecular formula is C35H52O2. The minimum Gasteiger partial charge on any atom is -0.427 e. The van der Waals surface area contributed by atoms with Crippen molar-refractivity contribution in [2.45, 2.75) is 142 Å². The van der Waals surface area contributed by atoms with Gasteiger partial charge in [0.05, 0.1) is 0 Å². The van der Waals surface area contributed by atoms with Gasteiger partial charge >= 0.3 is 5.97 Å². The largest absolute Gasteiger partial charge is 0.427 e. The van der Waals surface area contributed by atoms with Crippen molar-refractivity contribution in [3.05, 3.63) is 64.2 Å². The molecule has 0 heterocycles. The number of hydrogen-bond donors (Lipinski definition) is 0. The van der Waals surface area contributed by atoms with Crippen LogP contribution in [0.25, 0.3) is 0 Å². The molecule has 2 aromatic carbocycles. The van der Waals surface area contributed by atoms with Crippen LogP contribution in [-0.2, 0) is 23.1 Å². The summed E-state index contributed by atoms with van der Waals surface area (Å²) in [6.07, 6.45) is 20.6. The van der Waals surface area contributed by atoms with Crippen LogP contribution in [0.15, 0.2) is 36.4 Å². The first-order valence-corrected chi connectivity index (χ1v) is 15.4. The van der Waals surface area contributed by atoms with Crippen molar-refractivity contribution in [3.63, 3.8) is 0 Å². The zero-order chi connectivity index (χ0) is 26.5. The van der Waals surface area contributed by atoms with E-state index in [0.717, 1.165) is 25.7 Å². The third-order valence-electron chi connectivity index (χ3n) is 8.64. The average Bonchev–Trinajstić information content (AvgIpc) is 2.89. The van der Waals surface area contributed by atoms with Gasteiger partial charge in [-0.25, -0.2) is 0 Å². The first-order chi connectivity index (χ1) is 18.0. The molecule has 0 saturated heterocycles. The summed E-state index contributed by atoms with van der Waals surface area (Å²) >= 11 is 0. The number of hydrogen-bond acceptors (Lipinski definition) is 2. The molecule has 3 rings (SSSR count). The van der Waals surface area contributed by atoms with Gasteiger partial charge in [-0.3, -0.25) is 4.79 Å². The maximum absolute atomic E-state index is 12.2. The molecule has 2 aromatic rings. The number of aryl methyl sites for hydroxylation is 4. The van der Waals surface area contributed by atoms with Crippen LogP contribution in [0, 0.1) is 13.8 Å². The predicted octanol–water partition coefficient (Wildman–Crippen LogP) is 10.1. The fourth-order valence-electron chi connectivity index (χ4n) is 6.42. The Bertz CT molecular complexity index is 967. The van der Waals surface area contributed by atoms with Crippen molar-refractivity contribution in [2.24, 2.45) is 0 Å². The molecule has 2 nitrogen and oxygen atoms in total. The molecule has 0 bridgehead atoms. The lowest BCUT2D eigenvalue weighted by Crippen LogP contribution is -2.30. The van der Waals surface area contributed by atoms with Crippen molar-refractivity contribution in [1.29, 1.82) is 0 Å². The topological polar surface area (TPSA) is 26.3 Å². The Morgan fingerprint density at radius 3 is 2.22 bits per heavy atom. The van der Waals surface area contributed by atoms with E-state index in [4.69, 9.17) is 4.74 Å². The van der Waals surface area contributed by atoms with Crippen LogP contribution in [0.4, 0.5) is 0 Å². The number of carbonyl (C=O) groups excluding carboxylic acids is 1. The van der Waals surface area contributed by atoms with Gasteiger partial charge in [0.15, 0.2) is 0 Å². The maximum atomic E-state index is 12.2. The van der Waals surface area contributed by atoms with Crippen LogP contribution < -0.4 is 4.74 Å². The lowest BCUT2D eigenvalue weighted by atomic mass is 9.65. The highest BCUT2D eigenvalue weighted by Crippen LogP contribution is 2.44.